The van der Waals surface area contributed by atoms with Gasteiger partial charge in [0.05, 0.1) is 17.5 Å². The van der Waals surface area contributed by atoms with Gasteiger partial charge in [-0.25, -0.2) is 8.42 Å². The first kappa shape index (κ1) is 23.6. The second-order valence-corrected chi connectivity index (χ2v) is 9.32. The van der Waals surface area contributed by atoms with Crippen molar-refractivity contribution >= 4 is 33.2 Å². The Labute approximate surface area is 183 Å². The van der Waals surface area contributed by atoms with Gasteiger partial charge in [0.25, 0.3) is 0 Å². The Hall–Kier alpha value is -3.08. The number of halogens is 3. The number of carbonyl (C=O) groups is 2. The van der Waals surface area contributed by atoms with Gasteiger partial charge in [-0.3, -0.25) is 13.9 Å². The third-order valence-corrected chi connectivity index (χ3v) is 6.07. The molecule has 0 spiro atoms. The van der Waals surface area contributed by atoms with Crippen LogP contribution in [0.25, 0.3) is 0 Å². The molecule has 2 aromatic carbocycles. The summed E-state index contributed by atoms with van der Waals surface area (Å²) in [5.74, 6) is -0.661. The van der Waals surface area contributed by atoms with Crippen LogP contribution in [-0.2, 0) is 32.3 Å². The number of sulfonamides is 1. The Morgan fingerprint density at radius 1 is 1.16 bits per heavy atom. The number of alkyl halides is 3. The molecule has 2 amide bonds. The van der Waals surface area contributed by atoms with Crippen molar-refractivity contribution in [3.63, 3.8) is 0 Å². The fraction of sp³-hybridized carbons (Fsp3) is 0.333. The van der Waals surface area contributed by atoms with Gasteiger partial charge in [-0.1, -0.05) is 18.2 Å². The summed E-state index contributed by atoms with van der Waals surface area (Å²) in [5, 5.41) is 2.57. The summed E-state index contributed by atoms with van der Waals surface area (Å²) in [6.45, 7) is 0.00823. The zero-order valence-electron chi connectivity index (χ0n) is 17.2. The number of nitrogens with zero attached hydrogens (tertiary/aromatic N) is 2. The molecular formula is C21H22F3N3O4S. The number of hydrogen-bond acceptors (Lipinski definition) is 4. The zero-order chi connectivity index (χ0) is 23.5. The topological polar surface area (TPSA) is 86.8 Å². The Morgan fingerprint density at radius 3 is 2.50 bits per heavy atom. The van der Waals surface area contributed by atoms with Gasteiger partial charge >= 0.3 is 6.18 Å². The summed E-state index contributed by atoms with van der Waals surface area (Å²) < 4.78 is 63.9. The predicted octanol–water partition coefficient (Wildman–Crippen LogP) is 2.91. The van der Waals surface area contributed by atoms with E-state index in [2.05, 4.69) is 5.32 Å². The summed E-state index contributed by atoms with van der Waals surface area (Å²) in [6, 6.07) is 10.8. The minimum Gasteiger partial charge on any atom is -0.350 e. The van der Waals surface area contributed by atoms with Crippen LogP contribution in [0.3, 0.4) is 0 Å². The van der Waals surface area contributed by atoms with Gasteiger partial charge in [0.15, 0.2) is 0 Å². The number of nitrogens with one attached hydrogen (secondary N) is 1. The van der Waals surface area contributed by atoms with Gasteiger partial charge < -0.3 is 10.2 Å². The molecule has 0 atom stereocenters. The molecule has 11 heteroatoms. The summed E-state index contributed by atoms with van der Waals surface area (Å²) in [5.41, 5.74) is 0.130. The normalized spacial score (nSPS) is 14.5. The fourth-order valence-corrected chi connectivity index (χ4v) is 4.23. The first-order valence-corrected chi connectivity index (χ1v) is 11.6. The van der Waals surface area contributed by atoms with Crippen LogP contribution < -0.4 is 14.5 Å². The van der Waals surface area contributed by atoms with Gasteiger partial charge in [0.2, 0.25) is 21.8 Å². The Morgan fingerprint density at radius 2 is 1.88 bits per heavy atom. The maximum Gasteiger partial charge on any atom is 0.416 e. The van der Waals surface area contributed by atoms with Crippen molar-refractivity contribution in [3.05, 3.63) is 59.7 Å². The molecule has 1 aliphatic rings. The summed E-state index contributed by atoms with van der Waals surface area (Å²) in [7, 11) is -4.02. The number of rotatable bonds is 7. The maximum atomic E-state index is 13.0. The average Bonchev–Trinajstić information content (AvgIpc) is 3.15. The van der Waals surface area contributed by atoms with E-state index in [1.807, 2.05) is 0 Å². The minimum atomic E-state index is -4.65. The molecule has 1 aliphatic heterocycles. The van der Waals surface area contributed by atoms with Crippen LogP contribution in [0.2, 0.25) is 0 Å². The van der Waals surface area contributed by atoms with Crippen molar-refractivity contribution in [1.29, 1.82) is 0 Å². The van der Waals surface area contributed by atoms with E-state index >= 15 is 0 Å². The molecule has 1 saturated heterocycles. The van der Waals surface area contributed by atoms with E-state index < -0.39 is 34.2 Å². The number of hydrogen-bond donors (Lipinski definition) is 1. The summed E-state index contributed by atoms with van der Waals surface area (Å²) in [6.07, 6.45) is -2.57. The summed E-state index contributed by atoms with van der Waals surface area (Å²) in [4.78, 5) is 26.0. The predicted molar refractivity (Wildman–Crippen MR) is 114 cm³/mol. The maximum absolute atomic E-state index is 13.0. The Bertz CT molecular complexity index is 1120. The van der Waals surface area contributed by atoms with Crippen molar-refractivity contribution in [2.75, 3.05) is 28.6 Å². The molecule has 0 aromatic heterocycles. The van der Waals surface area contributed by atoms with E-state index in [0.717, 1.165) is 24.8 Å². The lowest BCUT2D eigenvalue weighted by Gasteiger charge is -2.23. The lowest BCUT2D eigenvalue weighted by atomic mass is 10.2. The molecule has 0 radical (unpaired) electrons. The highest BCUT2D eigenvalue weighted by Crippen LogP contribution is 2.32. The third-order valence-electron chi connectivity index (χ3n) is 4.93. The van der Waals surface area contributed by atoms with Crippen molar-refractivity contribution < 1.29 is 31.2 Å². The molecule has 7 nitrogen and oxygen atoms in total. The molecule has 1 N–H and O–H groups in total. The van der Waals surface area contributed by atoms with Crippen LogP contribution in [0.5, 0.6) is 0 Å². The van der Waals surface area contributed by atoms with Gasteiger partial charge in [-0.05, 0) is 42.3 Å². The van der Waals surface area contributed by atoms with E-state index in [-0.39, 0.29) is 18.1 Å². The first-order valence-electron chi connectivity index (χ1n) is 9.76. The average molecular weight is 469 g/mol. The van der Waals surface area contributed by atoms with E-state index in [9.17, 15) is 31.2 Å². The molecular weight excluding hydrogens is 447 g/mol. The summed E-state index contributed by atoms with van der Waals surface area (Å²) >= 11 is 0. The molecule has 1 fully saturated rings. The smallest absolute Gasteiger partial charge is 0.350 e. The van der Waals surface area contributed by atoms with Gasteiger partial charge in [0.1, 0.15) is 6.54 Å². The molecule has 2 aromatic rings. The molecule has 172 valence electrons. The number of carbonyl (C=O) groups excluding carboxylic acids is 2. The van der Waals surface area contributed by atoms with Crippen molar-refractivity contribution in [2.45, 2.75) is 25.6 Å². The van der Waals surface area contributed by atoms with Crippen LogP contribution >= 0.6 is 0 Å². The number of anilines is 2. The number of amides is 2. The van der Waals surface area contributed by atoms with Crippen LogP contribution in [0.1, 0.15) is 24.0 Å². The largest absolute Gasteiger partial charge is 0.416 e. The Balaban J connectivity index is 1.70. The highest BCUT2D eigenvalue weighted by molar-refractivity contribution is 7.92. The first-order chi connectivity index (χ1) is 14.9. The van der Waals surface area contributed by atoms with Crippen LogP contribution in [0.4, 0.5) is 24.5 Å². The molecule has 0 saturated carbocycles. The van der Waals surface area contributed by atoms with E-state index in [1.54, 1.807) is 29.2 Å². The molecule has 0 aliphatic carbocycles. The quantitative estimate of drug-likeness (QED) is 0.676. The lowest BCUT2D eigenvalue weighted by molar-refractivity contribution is -0.137. The zero-order valence-corrected chi connectivity index (χ0v) is 18.0. The molecule has 3 rings (SSSR count). The van der Waals surface area contributed by atoms with Crippen molar-refractivity contribution in [2.24, 2.45) is 0 Å². The monoisotopic (exact) mass is 469 g/mol. The second-order valence-electron chi connectivity index (χ2n) is 7.41. The van der Waals surface area contributed by atoms with E-state index in [4.69, 9.17) is 0 Å². The highest BCUT2D eigenvalue weighted by Gasteiger charge is 2.32. The second kappa shape index (κ2) is 9.19. The third kappa shape index (κ3) is 5.78. The lowest BCUT2D eigenvalue weighted by Crippen LogP contribution is -2.40. The van der Waals surface area contributed by atoms with Crippen LogP contribution in [0.15, 0.2) is 48.5 Å². The molecule has 0 unspecified atom stereocenters. The fourth-order valence-electron chi connectivity index (χ4n) is 3.38. The van der Waals surface area contributed by atoms with E-state index in [0.29, 0.717) is 34.6 Å². The number of benzene rings is 2. The van der Waals surface area contributed by atoms with Crippen molar-refractivity contribution in [3.8, 4) is 0 Å². The molecule has 0 bridgehead atoms. The van der Waals surface area contributed by atoms with Crippen LogP contribution in [-0.4, -0.2) is 39.6 Å². The minimum absolute atomic E-state index is 0.0241. The molecule has 1 heterocycles. The SMILES string of the molecule is CS(=O)(=O)N(CC(=O)NCc1cccc(N2CCCC2=O)c1)c1cccc(C(F)(F)F)c1. The van der Waals surface area contributed by atoms with E-state index in [1.165, 1.54) is 6.07 Å². The van der Waals surface area contributed by atoms with Gasteiger partial charge in [-0.2, -0.15) is 13.2 Å². The standard InChI is InChI=1S/C21H22F3N3O4S/c1-32(30,31)27(18-8-3-6-16(12-18)21(22,23)24)14-19(28)25-13-15-5-2-7-17(11-15)26-10-4-9-20(26)29/h2-3,5-8,11-12H,4,9-10,13-14H2,1H3,(H,25,28). The van der Waals surface area contributed by atoms with Crippen LogP contribution in [0, 0.1) is 0 Å². The Kier molecular flexibility index (Phi) is 6.77. The van der Waals surface area contributed by atoms with Gasteiger partial charge in [-0.15, -0.1) is 0 Å². The highest BCUT2D eigenvalue weighted by atomic mass is 32.2. The molecule has 32 heavy (non-hydrogen) atoms. The van der Waals surface area contributed by atoms with Crippen molar-refractivity contribution in [1.82, 2.24) is 5.32 Å². The van der Waals surface area contributed by atoms with Gasteiger partial charge in [0, 0.05) is 25.2 Å².